The van der Waals surface area contributed by atoms with Gasteiger partial charge in [-0.3, -0.25) is 9.45 Å². The van der Waals surface area contributed by atoms with E-state index >= 15 is 0 Å². The molecule has 1 heterocycles. The van der Waals surface area contributed by atoms with E-state index in [4.69, 9.17) is 9.29 Å². The highest BCUT2D eigenvalue weighted by Gasteiger charge is 2.28. The number of amides is 2. The number of nitrogens with zero attached hydrogens (tertiary/aromatic N) is 2. The van der Waals surface area contributed by atoms with Crippen LogP contribution in [0.5, 0.6) is 11.5 Å². The molecule has 1 atom stereocenters. The zero-order chi connectivity index (χ0) is 25.4. The van der Waals surface area contributed by atoms with Crippen LogP contribution in [0.25, 0.3) is 0 Å². The normalized spacial score (nSPS) is 16.0. The number of urea groups is 1. The van der Waals surface area contributed by atoms with Crippen LogP contribution in [-0.4, -0.2) is 55.8 Å². The van der Waals surface area contributed by atoms with Crippen molar-refractivity contribution in [1.29, 1.82) is 0 Å². The van der Waals surface area contributed by atoms with Crippen LogP contribution in [0.1, 0.15) is 51.7 Å². The molecular formula is C26H38N4O4S. The molecule has 1 aliphatic rings. The molecule has 1 saturated heterocycles. The van der Waals surface area contributed by atoms with Gasteiger partial charge in [-0.15, -0.1) is 0 Å². The Morgan fingerprint density at radius 2 is 1.60 bits per heavy atom. The summed E-state index contributed by atoms with van der Waals surface area (Å²) in [5.74, 6) is 1.47. The molecular weight excluding hydrogens is 464 g/mol. The van der Waals surface area contributed by atoms with Crippen LogP contribution in [0, 0.1) is 0 Å². The molecule has 3 N–H and O–H groups in total. The lowest BCUT2D eigenvalue weighted by atomic mass is 10.0. The SMILES string of the molecule is CCN(C(=O)NC(C)(C)C)C1CCN(Cc2ccc(Oc3ccc(CNS(=O)O)cc3)cc2)CC1. The monoisotopic (exact) mass is 502 g/mol. The van der Waals surface area contributed by atoms with Gasteiger partial charge in [0.1, 0.15) is 11.5 Å². The molecule has 8 nitrogen and oxygen atoms in total. The summed E-state index contributed by atoms with van der Waals surface area (Å²) in [6.45, 7) is 11.9. The number of carbonyl (C=O) groups excluding carboxylic acids is 1. The summed E-state index contributed by atoms with van der Waals surface area (Å²) in [4.78, 5) is 17.1. The van der Waals surface area contributed by atoms with Gasteiger partial charge in [0.25, 0.3) is 0 Å². The van der Waals surface area contributed by atoms with Crippen LogP contribution in [0.2, 0.25) is 0 Å². The fraction of sp³-hybridized carbons (Fsp3) is 0.500. The molecule has 2 aromatic carbocycles. The van der Waals surface area contributed by atoms with E-state index in [0.717, 1.165) is 50.3 Å². The maximum Gasteiger partial charge on any atom is 0.318 e. The van der Waals surface area contributed by atoms with E-state index in [2.05, 4.69) is 27.1 Å². The first kappa shape index (κ1) is 27.1. The molecule has 0 aliphatic carbocycles. The predicted octanol–water partition coefficient (Wildman–Crippen LogP) is 4.50. The summed E-state index contributed by atoms with van der Waals surface area (Å²) in [6, 6.07) is 15.8. The van der Waals surface area contributed by atoms with E-state index in [-0.39, 0.29) is 17.6 Å². The standard InChI is InChI=1S/C26H38N4O4S/c1-5-30(25(31)28-26(2,3)4)22-14-16-29(17-15-22)19-21-8-12-24(13-9-21)34-23-10-6-20(7-11-23)18-27-35(32)33/h6-13,22,27H,5,14-19H2,1-4H3,(H,28,31)(H,32,33). The van der Waals surface area contributed by atoms with Crippen LogP contribution >= 0.6 is 0 Å². The third kappa shape index (κ3) is 8.92. The van der Waals surface area contributed by atoms with Gasteiger partial charge in [-0.1, -0.05) is 24.3 Å². The lowest BCUT2D eigenvalue weighted by molar-refractivity contribution is 0.116. The number of benzene rings is 2. The van der Waals surface area contributed by atoms with Gasteiger partial charge in [0.2, 0.25) is 11.3 Å². The van der Waals surface area contributed by atoms with Crippen molar-refractivity contribution in [2.24, 2.45) is 0 Å². The minimum absolute atomic E-state index is 0.0296. The molecule has 0 radical (unpaired) electrons. The van der Waals surface area contributed by atoms with Crippen molar-refractivity contribution in [2.45, 2.75) is 65.2 Å². The third-order valence-electron chi connectivity index (χ3n) is 5.97. The Labute approximate surface area is 211 Å². The van der Waals surface area contributed by atoms with Crippen molar-refractivity contribution in [2.75, 3.05) is 19.6 Å². The Kier molecular flexibility index (Phi) is 9.68. The fourth-order valence-corrected chi connectivity index (χ4v) is 4.52. The van der Waals surface area contributed by atoms with E-state index in [0.29, 0.717) is 12.3 Å². The molecule has 2 amide bonds. The first-order chi connectivity index (χ1) is 16.6. The highest BCUT2D eigenvalue weighted by atomic mass is 32.2. The number of piperidine rings is 1. The van der Waals surface area contributed by atoms with Crippen molar-refractivity contribution in [3.8, 4) is 11.5 Å². The average Bonchev–Trinajstić information content (AvgIpc) is 2.80. The summed E-state index contributed by atoms with van der Waals surface area (Å²) < 4.78 is 27.9. The quantitative estimate of drug-likeness (QED) is 0.439. The minimum Gasteiger partial charge on any atom is -0.457 e. The van der Waals surface area contributed by atoms with Crippen LogP contribution in [-0.2, 0) is 24.4 Å². The van der Waals surface area contributed by atoms with Crippen molar-refractivity contribution in [1.82, 2.24) is 19.8 Å². The number of hydrogen-bond acceptors (Lipinski definition) is 4. The summed E-state index contributed by atoms with van der Waals surface area (Å²) >= 11 is -2.02. The first-order valence-corrected chi connectivity index (χ1v) is 13.2. The Morgan fingerprint density at radius 3 is 2.09 bits per heavy atom. The smallest absolute Gasteiger partial charge is 0.318 e. The third-order valence-corrected chi connectivity index (χ3v) is 6.36. The number of rotatable bonds is 9. The Balaban J connectivity index is 1.46. The summed E-state index contributed by atoms with van der Waals surface area (Å²) in [5.41, 5.74) is 1.90. The van der Waals surface area contributed by atoms with Gasteiger partial charge >= 0.3 is 6.03 Å². The van der Waals surface area contributed by atoms with Crippen molar-refractivity contribution < 1.29 is 18.3 Å². The summed E-state index contributed by atoms with van der Waals surface area (Å²) in [7, 11) is 0. The predicted molar refractivity (Wildman–Crippen MR) is 140 cm³/mol. The van der Waals surface area contributed by atoms with Gasteiger partial charge in [-0.25, -0.2) is 13.7 Å². The second-order valence-electron chi connectivity index (χ2n) is 9.93. The Bertz CT molecular complexity index is 968. The molecule has 0 aromatic heterocycles. The zero-order valence-electron chi connectivity index (χ0n) is 21.1. The van der Waals surface area contributed by atoms with Crippen molar-refractivity contribution in [3.63, 3.8) is 0 Å². The van der Waals surface area contributed by atoms with Crippen LogP contribution < -0.4 is 14.8 Å². The zero-order valence-corrected chi connectivity index (χ0v) is 21.9. The van der Waals surface area contributed by atoms with Crippen LogP contribution in [0.4, 0.5) is 4.79 Å². The topological polar surface area (TPSA) is 94.1 Å². The largest absolute Gasteiger partial charge is 0.457 e. The Hall–Kier alpha value is -2.46. The lowest BCUT2D eigenvalue weighted by Crippen LogP contribution is -2.54. The number of nitrogens with one attached hydrogen (secondary N) is 2. The first-order valence-electron chi connectivity index (χ1n) is 12.1. The van der Waals surface area contributed by atoms with Gasteiger partial charge in [0.15, 0.2) is 0 Å². The maximum absolute atomic E-state index is 12.7. The molecule has 1 fully saturated rings. The molecule has 9 heteroatoms. The number of hydrogen-bond donors (Lipinski definition) is 3. The molecule has 3 rings (SSSR count). The van der Waals surface area contributed by atoms with Gasteiger partial charge in [0.05, 0.1) is 0 Å². The minimum atomic E-state index is -2.02. The second-order valence-corrected chi connectivity index (χ2v) is 10.7. The van der Waals surface area contributed by atoms with Gasteiger partial charge in [0, 0.05) is 44.3 Å². The number of likely N-dealkylation sites (tertiary alicyclic amines) is 1. The van der Waals surface area contributed by atoms with E-state index in [1.165, 1.54) is 5.56 Å². The van der Waals surface area contributed by atoms with Gasteiger partial charge in [-0.05, 0) is 75.9 Å². The molecule has 0 saturated carbocycles. The molecule has 0 spiro atoms. The van der Waals surface area contributed by atoms with Crippen LogP contribution in [0.3, 0.4) is 0 Å². The van der Waals surface area contributed by atoms with E-state index in [1.807, 2.05) is 69.0 Å². The summed E-state index contributed by atoms with van der Waals surface area (Å²) in [5, 5.41) is 3.09. The number of ether oxygens (including phenoxy) is 1. The highest BCUT2D eigenvalue weighted by Crippen LogP contribution is 2.24. The molecule has 2 aromatic rings. The van der Waals surface area contributed by atoms with Crippen molar-refractivity contribution in [3.05, 3.63) is 59.7 Å². The Morgan fingerprint density at radius 1 is 1.06 bits per heavy atom. The van der Waals surface area contributed by atoms with Gasteiger partial charge in [-0.2, -0.15) is 0 Å². The van der Waals surface area contributed by atoms with Crippen LogP contribution in [0.15, 0.2) is 48.5 Å². The molecule has 0 bridgehead atoms. The number of carbonyl (C=O) groups is 1. The van der Waals surface area contributed by atoms with Gasteiger partial charge < -0.3 is 15.0 Å². The molecule has 1 unspecified atom stereocenters. The molecule has 35 heavy (non-hydrogen) atoms. The van der Waals surface area contributed by atoms with E-state index in [1.54, 1.807) is 0 Å². The maximum atomic E-state index is 12.7. The fourth-order valence-electron chi connectivity index (χ4n) is 4.23. The second kappa shape index (κ2) is 12.5. The molecule has 1 aliphatic heterocycles. The highest BCUT2D eigenvalue weighted by molar-refractivity contribution is 7.77. The lowest BCUT2D eigenvalue weighted by Gasteiger charge is -2.39. The summed E-state index contributed by atoms with van der Waals surface area (Å²) in [6.07, 6.45) is 1.96. The molecule has 192 valence electrons. The van der Waals surface area contributed by atoms with E-state index < -0.39 is 11.3 Å². The van der Waals surface area contributed by atoms with Crippen molar-refractivity contribution >= 4 is 17.3 Å². The van der Waals surface area contributed by atoms with E-state index in [9.17, 15) is 9.00 Å². The average molecular weight is 503 g/mol.